The van der Waals surface area contributed by atoms with Crippen molar-refractivity contribution < 1.29 is 0 Å². The molecule has 2 aliphatic rings. The van der Waals surface area contributed by atoms with Crippen molar-refractivity contribution in [3.63, 3.8) is 0 Å². The van der Waals surface area contributed by atoms with Gasteiger partial charge in [0.15, 0.2) is 0 Å². The van der Waals surface area contributed by atoms with Crippen LogP contribution >= 0.6 is 0 Å². The molecule has 1 saturated heterocycles. The summed E-state index contributed by atoms with van der Waals surface area (Å²) in [6.45, 7) is 7.31. The normalized spacial score (nSPS) is 30.2. The van der Waals surface area contributed by atoms with Gasteiger partial charge in [0, 0.05) is 19.1 Å². The summed E-state index contributed by atoms with van der Waals surface area (Å²) in [5.41, 5.74) is 0. The molecule has 2 atom stereocenters. The van der Waals surface area contributed by atoms with Crippen LogP contribution in [0.5, 0.6) is 0 Å². The van der Waals surface area contributed by atoms with Gasteiger partial charge in [-0.3, -0.25) is 4.90 Å². The molecule has 1 saturated carbocycles. The van der Waals surface area contributed by atoms with E-state index in [0.717, 1.165) is 12.0 Å². The SMILES string of the molecule is CCCCNCCN1CCCC2CCCCC21. The maximum atomic E-state index is 3.59. The first-order chi connectivity index (χ1) is 8.42. The number of rotatable bonds is 6. The van der Waals surface area contributed by atoms with E-state index < -0.39 is 0 Å². The fourth-order valence-electron chi connectivity index (χ4n) is 3.65. The van der Waals surface area contributed by atoms with Crippen LogP contribution in [0.3, 0.4) is 0 Å². The summed E-state index contributed by atoms with van der Waals surface area (Å²) >= 11 is 0. The quantitative estimate of drug-likeness (QED) is 0.716. The number of nitrogens with zero attached hydrogens (tertiary/aromatic N) is 1. The van der Waals surface area contributed by atoms with Crippen LogP contribution in [0.4, 0.5) is 0 Å². The molecule has 2 unspecified atom stereocenters. The molecule has 1 heterocycles. The van der Waals surface area contributed by atoms with Crippen LogP contribution in [0.15, 0.2) is 0 Å². The van der Waals surface area contributed by atoms with Crippen molar-refractivity contribution in [2.45, 2.75) is 64.3 Å². The van der Waals surface area contributed by atoms with Crippen molar-refractivity contribution in [1.82, 2.24) is 10.2 Å². The molecule has 17 heavy (non-hydrogen) atoms. The molecule has 2 fully saturated rings. The van der Waals surface area contributed by atoms with E-state index in [1.807, 2.05) is 0 Å². The lowest BCUT2D eigenvalue weighted by molar-refractivity contribution is 0.0619. The highest BCUT2D eigenvalue weighted by atomic mass is 15.2. The predicted molar refractivity (Wildman–Crippen MR) is 74.3 cm³/mol. The zero-order valence-electron chi connectivity index (χ0n) is 11.6. The van der Waals surface area contributed by atoms with E-state index in [4.69, 9.17) is 0 Å². The molecule has 0 spiro atoms. The van der Waals surface area contributed by atoms with Crippen LogP contribution in [0.25, 0.3) is 0 Å². The van der Waals surface area contributed by atoms with Gasteiger partial charge in [0.2, 0.25) is 0 Å². The van der Waals surface area contributed by atoms with E-state index >= 15 is 0 Å². The van der Waals surface area contributed by atoms with E-state index in [1.54, 1.807) is 0 Å². The van der Waals surface area contributed by atoms with Gasteiger partial charge in [0.05, 0.1) is 0 Å². The number of piperidine rings is 1. The first-order valence-corrected chi connectivity index (χ1v) is 7.86. The summed E-state index contributed by atoms with van der Waals surface area (Å²) in [5, 5.41) is 3.59. The molecule has 100 valence electrons. The number of hydrogen-bond donors (Lipinski definition) is 1. The maximum Gasteiger partial charge on any atom is 0.0124 e. The Morgan fingerprint density at radius 2 is 1.88 bits per heavy atom. The minimum Gasteiger partial charge on any atom is -0.315 e. The summed E-state index contributed by atoms with van der Waals surface area (Å²) in [4.78, 5) is 2.78. The fraction of sp³-hybridized carbons (Fsp3) is 1.00. The van der Waals surface area contributed by atoms with Crippen LogP contribution in [0.2, 0.25) is 0 Å². The zero-order valence-corrected chi connectivity index (χ0v) is 11.6. The number of unbranched alkanes of at least 4 members (excludes halogenated alkanes) is 1. The zero-order chi connectivity index (χ0) is 11.9. The summed E-state index contributed by atoms with van der Waals surface area (Å²) in [6.07, 6.45) is 11.5. The van der Waals surface area contributed by atoms with Gasteiger partial charge in [-0.05, 0) is 51.1 Å². The molecule has 1 aliphatic heterocycles. The summed E-state index contributed by atoms with van der Waals surface area (Å²) in [7, 11) is 0. The predicted octanol–water partition coefficient (Wildman–Crippen LogP) is 3.03. The van der Waals surface area contributed by atoms with E-state index in [1.165, 1.54) is 77.5 Å². The maximum absolute atomic E-state index is 3.59. The lowest BCUT2D eigenvalue weighted by Gasteiger charge is -2.44. The smallest absolute Gasteiger partial charge is 0.0124 e. The number of nitrogens with one attached hydrogen (secondary N) is 1. The molecule has 0 aromatic heterocycles. The van der Waals surface area contributed by atoms with Gasteiger partial charge in [0.25, 0.3) is 0 Å². The van der Waals surface area contributed by atoms with Gasteiger partial charge >= 0.3 is 0 Å². The highest BCUT2D eigenvalue weighted by molar-refractivity contribution is 4.87. The largest absolute Gasteiger partial charge is 0.315 e. The average Bonchev–Trinajstić information content (AvgIpc) is 2.39. The van der Waals surface area contributed by atoms with E-state index in [0.29, 0.717) is 0 Å². The first kappa shape index (κ1) is 13.4. The molecule has 1 N–H and O–H groups in total. The number of likely N-dealkylation sites (tertiary alicyclic amines) is 1. The van der Waals surface area contributed by atoms with Gasteiger partial charge in [-0.25, -0.2) is 0 Å². The summed E-state index contributed by atoms with van der Waals surface area (Å²) in [5.74, 6) is 1.04. The molecule has 0 amide bonds. The molecular weight excluding hydrogens is 208 g/mol. The lowest BCUT2D eigenvalue weighted by atomic mass is 9.78. The van der Waals surface area contributed by atoms with Crippen molar-refractivity contribution in [1.29, 1.82) is 0 Å². The molecular formula is C15H30N2. The van der Waals surface area contributed by atoms with E-state index in [-0.39, 0.29) is 0 Å². The molecule has 0 aromatic rings. The van der Waals surface area contributed by atoms with E-state index in [9.17, 15) is 0 Å². The third-order valence-corrected chi connectivity index (χ3v) is 4.64. The molecule has 2 heteroatoms. The molecule has 0 aromatic carbocycles. The van der Waals surface area contributed by atoms with Gasteiger partial charge in [0.1, 0.15) is 0 Å². The Bertz CT molecular complexity index is 203. The third kappa shape index (κ3) is 3.96. The Kier molecular flexibility index (Phi) is 5.79. The second kappa shape index (κ2) is 7.38. The van der Waals surface area contributed by atoms with Crippen LogP contribution in [-0.4, -0.2) is 37.1 Å². The van der Waals surface area contributed by atoms with E-state index in [2.05, 4.69) is 17.1 Å². The topological polar surface area (TPSA) is 15.3 Å². The highest BCUT2D eigenvalue weighted by Crippen LogP contribution is 2.34. The summed E-state index contributed by atoms with van der Waals surface area (Å²) in [6, 6.07) is 0.936. The monoisotopic (exact) mass is 238 g/mol. The molecule has 0 bridgehead atoms. The Morgan fingerprint density at radius 3 is 2.76 bits per heavy atom. The van der Waals surface area contributed by atoms with Crippen LogP contribution in [0.1, 0.15) is 58.3 Å². The second-order valence-electron chi connectivity index (χ2n) is 5.89. The Hall–Kier alpha value is -0.0800. The Balaban J connectivity index is 1.67. The van der Waals surface area contributed by atoms with Gasteiger partial charge < -0.3 is 5.32 Å². The minimum atomic E-state index is 0.936. The standard InChI is InChI=1S/C15H30N2/c1-2-3-10-16-11-13-17-12-6-8-14-7-4-5-9-15(14)17/h14-16H,2-13H2,1H3. The van der Waals surface area contributed by atoms with Crippen molar-refractivity contribution in [3.8, 4) is 0 Å². The van der Waals surface area contributed by atoms with Crippen molar-refractivity contribution in [3.05, 3.63) is 0 Å². The molecule has 2 nitrogen and oxygen atoms in total. The van der Waals surface area contributed by atoms with Crippen LogP contribution in [-0.2, 0) is 0 Å². The summed E-state index contributed by atoms with van der Waals surface area (Å²) < 4.78 is 0. The average molecular weight is 238 g/mol. The molecule has 1 aliphatic carbocycles. The first-order valence-electron chi connectivity index (χ1n) is 7.86. The third-order valence-electron chi connectivity index (χ3n) is 4.64. The van der Waals surface area contributed by atoms with Crippen LogP contribution in [0, 0.1) is 5.92 Å². The van der Waals surface area contributed by atoms with Crippen molar-refractivity contribution in [2.75, 3.05) is 26.2 Å². The fourth-order valence-corrected chi connectivity index (χ4v) is 3.65. The van der Waals surface area contributed by atoms with Crippen molar-refractivity contribution >= 4 is 0 Å². The molecule has 0 radical (unpaired) electrons. The van der Waals surface area contributed by atoms with Gasteiger partial charge in [-0.15, -0.1) is 0 Å². The van der Waals surface area contributed by atoms with Gasteiger partial charge in [-0.2, -0.15) is 0 Å². The Morgan fingerprint density at radius 1 is 1.06 bits per heavy atom. The molecule has 2 rings (SSSR count). The van der Waals surface area contributed by atoms with Gasteiger partial charge in [-0.1, -0.05) is 26.2 Å². The minimum absolute atomic E-state index is 0.936. The number of fused-ring (bicyclic) bond motifs is 1. The highest BCUT2D eigenvalue weighted by Gasteiger charge is 2.32. The van der Waals surface area contributed by atoms with Crippen molar-refractivity contribution in [2.24, 2.45) is 5.92 Å². The number of hydrogen-bond acceptors (Lipinski definition) is 2. The van der Waals surface area contributed by atoms with Crippen LogP contribution < -0.4 is 5.32 Å². The Labute approximate surface area is 107 Å². The second-order valence-corrected chi connectivity index (χ2v) is 5.89. The lowest BCUT2D eigenvalue weighted by Crippen LogP contribution is -2.48.